The van der Waals surface area contributed by atoms with Crippen LogP contribution in [0, 0.1) is 0 Å². The van der Waals surface area contributed by atoms with Crippen molar-refractivity contribution >= 4 is 5.91 Å². The van der Waals surface area contributed by atoms with Crippen molar-refractivity contribution in [2.45, 2.75) is 88.2 Å². The molecule has 0 radical (unpaired) electrons. The third-order valence-corrected chi connectivity index (χ3v) is 3.99. The molecule has 216 valence electrons. The summed E-state index contributed by atoms with van der Waals surface area (Å²) in [6.45, 7) is 3.24. The molecule has 0 unspecified atom stereocenters. The molecule has 4 nitrogen and oxygen atoms in total. The van der Waals surface area contributed by atoms with Crippen LogP contribution in [0.5, 0.6) is 0 Å². The molecule has 0 heterocycles. The second kappa shape index (κ2) is 9.50. The van der Waals surface area contributed by atoms with Gasteiger partial charge in [-0.2, -0.15) is 74.6 Å². The van der Waals surface area contributed by atoms with Crippen LogP contribution in [-0.2, 0) is 14.3 Å². The van der Waals surface area contributed by atoms with E-state index in [9.17, 15) is 79.4 Å². The Morgan fingerprint density at radius 3 is 1.17 bits per heavy atom. The molecule has 0 bridgehead atoms. The van der Waals surface area contributed by atoms with Crippen molar-refractivity contribution in [3.63, 3.8) is 0 Å². The van der Waals surface area contributed by atoms with Gasteiger partial charge in [-0.1, -0.05) is 0 Å². The molecule has 0 N–H and O–H groups in total. The van der Waals surface area contributed by atoms with Gasteiger partial charge in [0.25, 0.3) is 5.91 Å². The number of halogens is 17. The van der Waals surface area contributed by atoms with Crippen molar-refractivity contribution in [2.24, 2.45) is 0 Å². The molecule has 1 amide bonds. The van der Waals surface area contributed by atoms with E-state index in [1.165, 1.54) is 4.74 Å². The third kappa shape index (κ3) is 5.85. The fraction of sp³-hybridized carbons (Fsp3) is 0.933. The third-order valence-electron chi connectivity index (χ3n) is 3.99. The minimum atomic E-state index is -8.03. The highest BCUT2D eigenvalue weighted by Gasteiger charge is 2.85. The summed E-state index contributed by atoms with van der Waals surface area (Å²) in [5.41, 5.74) is 0. The van der Waals surface area contributed by atoms with Gasteiger partial charge in [0, 0.05) is 12.1 Å². The molecule has 0 saturated carbocycles. The summed E-state index contributed by atoms with van der Waals surface area (Å²) in [6.07, 6.45) is -38.4. The molecule has 0 aliphatic rings. The van der Waals surface area contributed by atoms with E-state index < -0.39 is 66.4 Å². The van der Waals surface area contributed by atoms with Gasteiger partial charge in [-0.25, -0.2) is 0 Å². The number of carbonyl (C=O) groups is 1. The zero-order chi connectivity index (χ0) is 29.7. The van der Waals surface area contributed by atoms with Crippen molar-refractivity contribution in [1.82, 2.24) is 4.90 Å². The summed E-state index contributed by atoms with van der Waals surface area (Å²) < 4.78 is 227. The lowest BCUT2D eigenvalue weighted by Gasteiger charge is -2.42. The molecule has 0 fully saturated rings. The lowest BCUT2D eigenvalue weighted by Crippen LogP contribution is -2.69. The molecule has 0 rings (SSSR count). The molecule has 0 aromatic rings. The van der Waals surface area contributed by atoms with Gasteiger partial charge in [0.05, 0.1) is 0 Å². The monoisotopic (exact) mass is 579 g/mol. The van der Waals surface area contributed by atoms with E-state index in [-0.39, 0.29) is 4.90 Å². The smallest absolute Gasteiger partial charge is 0.333 e. The number of hydrogen-bond donors (Lipinski definition) is 0. The SMILES string of the molecule is CC(C)N(C(=O)[C@](F)(OC(F)(F)[C@@](F)(OC(F)(F)C(F)(F)C(F)(F)F)C(F)(F)F)C(F)(F)F)C(C)C. The van der Waals surface area contributed by atoms with Crippen LogP contribution in [0.1, 0.15) is 27.7 Å². The summed E-state index contributed by atoms with van der Waals surface area (Å²) >= 11 is 0. The average Bonchev–Trinajstić information content (AvgIpc) is 2.56. The Kier molecular flexibility index (Phi) is 9.02. The van der Waals surface area contributed by atoms with Gasteiger partial charge in [0.2, 0.25) is 0 Å². The first kappa shape index (κ1) is 34.2. The molecule has 0 spiro atoms. The molecule has 0 aliphatic heterocycles. The Balaban J connectivity index is 6.99. The fourth-order valence-corrected chi connectivity index (χ4v) is 2.38. The molecule has 0 aromatic carbocycles. The number of alkyl halides is 17. The van der Waals surface area contributed by atoms with Gasteiger partial charge < -0.3 is 4.90 Å². The highest BCUT2D eigenvalue weighted by atomic mass is 19.4. The summed E-state index contributed by atoms with van der Waals surface area (Å²) in [7, 11) is 0. The minimum Gasteiger partial charge on any atom is -0.333 e. The van der Waals surface area contributed by atoms with Gasteiger partial charge >= 0.3 is 48.4 Å². The molecule has 0 saturated heterocycles. The van der Waals surface area contributed by atoms with E-state index >= 15 is 0 Å². The van der Waals surface area contributed by atoms with E-state index in [2.05, 4.69) is 4.74 Å². The maximum absolute atomic E-state index is 14.6. The predicted molar refractivity (Wildman–Crippen MR) is 80.0 cm³/mol. The number of ether oxygens (including phenoxy) is 2. The molecular formula is C15H14F17NO3. The maximum Gasteiger partial charge on any atom is 0.462 e. The average molecular weight is 579 g/mol. The highest BCUT2D eigenvalue weighted by Crippen LogP contribution is 2.56. The number of amides is 1. The van der Waals surface area contributed by atoms with Crippen LogP contribution in [0.15, 0.2) is 0 Å². The first-order valence-electron chi connectivity index (χ1n) is 8.78. The molecule has 36 heavy (non-hydrogen) atoms. The number of nitrogens with zero attached hydrogens (tertiary/aromatic N) is 1. The van der Waals surface area contributed by atoms with Crippen molar-refractivity contribution in [1.29, 1.82) is 0 Å². The van der Waals surface area contributed by atoms with Gasteiger partial charge in [-0.3, -0.25) is 14.3 Å². The zero-order valence-electron chi connectivity index (χ0n) is 17.8. The fourth-order valence-electron chi connectivity index (χ4n) is 2.38. The van der Waals surface area contributed by atoms with Crippen molar-refractivity contribution < 1.29 is 88.9 Å². The Morgan fingerprint density at radius 2 is 0.917 bits per heavy atom. The molecular weight excluding hydrogens is 565 g/mol. The first-order chi connectivity index (χ1) is 15.3. The summed E-state index contributed by atoms with van der Waals surface area (Å²) in [4.78, 5) is 11.7. The Morgan fingerprint density at radius 1 is 0.556 bits per heavy atom. The van der Waals surface area contributed by atoms with Crippen LogP contribution in [0.4, 0.5) is 74.6 Å². The van der Waals surface area contributed by atoms with Crippen LogP contribution < -0.4 is 0 Å². The molecule has 21 heteroatoms. The van der Waals surface area contributed by atoms with Gasteiger partial charge in [0.15, 0.2) is 0 Å². The van der Waals surface area contributed by atoms with Gasteiger partial charge in [-0.15, -0.1) is 0 Å². The van der Waals surface area contributed by atoms with Crippen LogP contribution in [0.25, 0.3) is 0 Å². The lowest BCUT2D eigenvalue weighted by atomic mass is 10.1. The van der Waals surface area contributed by atoms with Gasteiger partial charge in [0.1, 0.15) is 0 Å². The standard InChI is InChI=1S/C15H14F17NO3/c1-5(2)33(6(3)4)7(34)8(16,11(20,21)22)35-15(31,32)10(19,13(26,27)28)36-14(29,30)9(17,18)12(23,24)25/h5-6H,1-4H3/t8-,10-/m0/s1. The largest absolute Gasteiger partial charge is 0.462 e. The Bertz CT molecular complexity index is 780. The van der Waals surface area contributed by atoms with E-state index in [0.717, 1.165) is 27.7 Å². The molecule has 0 aromatic heterocycles. The van der Waals surface area contributed by atoms with E-state index in [0.29, 0.717) is 0 Å². The van der Waals surface area contributed by atoms with E-state index in [1.54, 1.807) is 0 Å². The van der Waals surface area contributed by atoms with E-state index in [1.807, 2.05) is 0 Å². The quantitative estimate of drug-likeness (QED) is 0.293. The van der Waals surface area contributed by atoms with Crippen LogP contribution in [-0.4, -0.2) is 71.3 Å². The summed E-state index contributed by atoms with van der Waals surface area (Å²) in [5.74, 6) is -25.9. The number of hydrogen-bond acceptors (Lipinski definition) is 3. The predicted octanol–water partition coefficient (Wildman–Crippen LogP) is 6.50. The van der Waals surface area contributed by atoms with Crippen LogP contribution in [0.2, 0.25) is 0 Å². The first-order valence-corrected chi connectivity index (χ1v) is 8.78. The van der Waals surface area contributed by atoms with Crippen molar-refractivity contribution in [2.75, 3.05) is 0 Å². The van der Waals surface area contributed by atoms with E-state index in [4.69, 9.17) is 0 Å². The van der Waals surface area contributed by atoms with Crippen LogP contribution >= 0.6 is 0 Å². The summed E-state index contributed by atoms with van der Waals surface area (Å²) in [6, 6.07) is -3.15. The Labute approximate surface area is 189 Å². The number of carbonyl (C=O) groups excluding carboxylic acids is 1. The molecule has 0 aliphatic carbocycles. The minimum absolute atomic E-state index is 0.287. The normalized spacial score (nSPS) is 18.3. The second-order valence-corrected chi connectivity index (χ2v) is 7.40. The van der Waals surface area contributed by atoms with Crippen LogP contribution in [0.3, 0.4) is 0 Å². The highest BCUT2D eigenvalue weighted by molar-refractivity contribution is 5.85. The number of rotatable bonds is 9. The topological polar surface area (TPSA) is 38.8 Å². The Hall–Kier alpha value is -1.80. The summed E-state index contributed by atoms with van der Waals surface area (Å²) in [5, 5.41) is 0. The van der Waals surface area contributed by atoms with Crippen molar-refractivity contribution in [3.8, 4) is 0 Å². The second-order valence-electron chi connectivity index (χ2n) is 7.40. The molecule has 2 atom stereocenters. The zero-order valence-corrected chi connectivity index (χ0v) is 17.8. The van der Waals surface area contributed by atoms with Crippen molar-refractivity contribution in [3.05, 3.63) is 0 Å². The maximum atomic E-state index is 14.6. The van der Waals surface area contributed by atoms with Gasteiger partial charge in [-0.05, 0) is 27.7 Å². The lowest BCUT2D eigenvalue weighted by molar-refractivity contribution is -0.548.